The molecule has 1 N–H and O–H groups in total. The van der Waals surface area contributed by atoms with Crippen LogP contribution in [0.5, 0.6) is 5.75 Å². The lowest BCUT2D eigenvalue weighted by Gasteiger charge is -2.36. The summed E-state index contributed by atoms with van der Waals surface area (Å²) in [6, 6.07) is 8.60. The lowest BCUT2D eigenvalue weighted by Crippen LogP contribution is -2.42. The van der Waals surface area contributed by atoms with Gasteiger partial charge in [0.2, 0.25) is 0 Å². The molecule has 2 heteroatoms. The van der Waals surface area contributed by atoms with E-state index in [0.717, 1.165) is 24.3 Å². The van der Waals surface area contributed by atoms with Gasteiger partial charge in [0.15, 0.2) is 0 Å². The summed E-state index contributed by atoms with van der Waals surface area (Å²) in [7, 11) is 0. The van der Waals surface area contributed by atoms with Crippen LogP contribution in [0.25, 0.3) is 0 Å². The Kier molecular flexibility index (Phi) is 1.72. The number of hydrogen-bond acceptors (Lipinski definition) is 2. The summed E-state index contributed by atoms with van der Waals surface area (Å²) in [6.07, 6.45) is 6.84. The Balaban J connectivity index is 1.94. The van der Waals surface area contributed by atoms with Gasteiger partial charge >= 0.3 is 0 Å². The summed E-state index contributed by atoms with van der Waals surface area (Å²) in [5.41, 5.74) is 1.13. The molecule has 2 nitrogen and oxygen atoms in total. The van der Waals surface area contributed by atoms with Crippen LogP contribution in [-0.4, -0.2) is 12.1 Å². The minimum Gasteiger partial charge on any atom is -0.486 e. The maximum atomic E-state index is 5.92. The first-order valence-corrected chi connectivity index (χ1v) is 5.11. The van der Waals surface area contributed by atoms with Gasteiger partial charge in [-0.25, -0.2) is 0 Å². The molecule has 2 aliphatic rings. The molecule has 0 saturated heterocycles. The molecule has 3 rings (SSSR count). The molecule has 1 aromatic rings. The number of ether oxygens (including phenoxy) is 1. The molecule has 72 valence electrons. The average Bonchev–Trinajstić information content (AvgIpc) is 2.26. The van der Waals surface area contributed by atoms with Gasteiger partial charge in [-0.3, -0.25) is 0 Å². The van der Waals surface area contributed by atoms with Crippen LogP contribution in [0.15, 0.2) is 36.4 Å². The fraction of sp³-hybridized carbons (Fsp3) is 0.333. The van der Waals surface area contributed by atoms with E-state index in [0.29, 0.717) is 12.1 Å². The second kappa shape index (κ2) is 3.05. The number of para-hydroxylation sites is 2. The van der Waals surface area contributed by atoms with Gasteiger partial charge in [0.1, 0.15) is 11.9 Å². The standard InChI is InChI=1S/C12H13NO/c1-3-7-11-9(5-1)13-10-6-2-4-8-12(10)14-11/h1-5,7,10,12-13H,6,8H2. The van der Waals surface area contributed by atoms with Crippen molar-refractivity contribution in [3.05, 3.63) is 36.4 Å². The van der Waals surface area contributed by atoms with Crippen molar-refractivity contribution >= 4 is 5.69 Å². The van der Waals surface area contributed by atoms with Crippen molar-refractivity contribution in [2.45, 2.75) is 25.0 Å². The Labute approximate surface area is 83.6 Å². The van der Waals surface area contributed by atoms with Gasteiger partial charge in [0, 0.05) is 6.42 Å². The van der Waals surface area contributed by atoms with E-state index >= 15 is 0 Å². The predicted octanol–water partition coefficient (Wildman–Crippen LogP) is 2.58. The predicted molar refractivity (Wildman–Crippen MR) is 56.6 cm³/mol. The molecule has 2 unspecified atom stereocenters. The lowest BCUT2D eigenvalue weighted by atomic mass is 9.96. The summed E-state index contributed by atoms with van der Waals surface area (Å²) in [4.78, 5) is 0. The fourth-order valence-electron chi connectivity index (χ4n) is 2.12. The van der Waals surface area contributed by atoms with Gasteiger partial charge in [-0.15, -0.1) is 0 Å². The minimum absolute atomic E-state index is 0.315. The molecular weight excluding hydrogens is 174 g/mol. The highest BCUT2D eigenvalue weighted by Gasteiger charge is 2.29. The third-order valence-electron chi connectivity index (χ3n) is 2.88. The van der Waals surface area contributed by atoms with Crippen molar-refractivity contribution < 1.29 is 4.74 Å². The normalized spacial score (nSPS) is 28.3. The Bertz CT molecular complexity index is 337. The average molecular weight is 187 g/mol. The van der Waals surface area contributed by atoms with E-state index in [-0.39, 0.29) is 0 Å². The zero-order chi connectivity index (χ0) is 9.38. The molecule has 0 aromatic heterocycles. The lowest BCUT2D eigenvalue weighted by molar-refractivity contribution is 0.167. The first-order valence-electron chi connectivity index (χ1n) is 5.11. The first-order chi connectivity index (χ1) is 6.93. The van der Waals surface area contributed by atoms with Crippen molar-refractivity contribution in [2.75, 3.05) is 5.32 Å². The number of fused-ring (bicyclic) bond motifs is 2. The Morgan fingerprint density at radius 1 is 1.14 bits per heavy atom. The molecule has 0 saturated carbocycles. The monoisotopic (exact) mass is 187 g/mol. The summed E-state index contributed by atoms with van der Waals surface area (Å²) in [5, 5.41) is 3.52. The van der Waals surface area contributed by atoms with Gasteiger partial charge in [-0.1, -0.05) is 24.3 Å². The highest BCUT2D eigenvalue weighted by atomic mass is 16.5. The quantitative estimate of drug-likeness (QED) is 0.630. The third kappa shape index (κ3) is 1.18. The highest BCUT2D eigenvalue weighted by Crippen LogP contribution is 2.34. The van der Waals surface area contributed by atoms with Gasteiger partial charge in [0.25, 0.3) is 0 Å². The molecule has 1 aliphatic carbocycles. The Hall–Kier alpha value is -1.44. The molecule has 0 radical (unpaired) electrons. The molecule has 1 aromatic carbocycles. The Morgan fingerprint density at radius 2 is 2.00 bits per heavy atom. The SMILES string of the molecule is C1=CCC2Oc3ccccc3NC2C1. The van der Waals surface area contributed by atoms with Crippen LogP contribution in [0, 0.1) is 0 Å². The molecule has 0 spiro atoms. The van der Waals surface area contributed by atoms with Crippen molar-refractivity contribution in [1.29, 1.82) is 0 Å². The van der Waals surface area contributed by atoms with Crippen LogP contribution >= 0.6 is 0 Å². The largest absolute Gasteiger partial charge is 0.486 e. The summed E-state index contributed by atoms with van der Waals surface area (Å²) in [6.45, 7) is 0. The van der Waals surface area contributed by atoms with Crippen LogP contribution in [0.1, 0.15) is 12.8 Å². The number of benzene rings is 1. The topological polar surface area (TPSA) is 21.3 Å². The van der Waals surface area contributed by atoms with E-state index in [1.165, 1.54) is 0 Å². The maximum absolute atomic E-state index is 5.92. The number of hydrogen-bond donors (Lipinski definition) is 1. The molecule has 0 fully saturated rings. The van der Waals surface area contributed by atoms with Gasteiger partial charge in [-0.2, -0.15) is 0 Å². The smallest absolute Gasteiger partial charge is 0.142 e. The highest BCUT2D eigenvalue weighted by molar-refractivity contribution is 5.58. The molecule has 0 amide bonds. The van der Waals surface area contributed by atoms with E-state index < -0.39 is 0 Å². The van der Waals surface area contributed by atoms with Crippen molar-refractivity contribution in [1.82, 2.24) is 0 Å². The van der Waals surface area contributed by atoms with Gasteiger partial charge < -0.3 is 10.1 Å². The van der Waals surface area contributed by atoms with Crippen molar-refractivity contribution in [3.63, 3.8) is 0 Å². The number of anilines is 1. The van der Waals surface area contributed by atoms with Crippen LogP contribution in [-0.2, 0) is 0 Å². The first kappa shape index (κ1) is 7.92. The van der Waals surface area contributed by atoms with Crippen LogP contribution < -0.4 is 10.1 Å². The zero-order valence-electron chi connectivity index (χ0n) is 7.94. The van der Waals surface area contributed by atoms with E-state index in [9.17, 15) is 0 Å². The molecule has 14 heavy (non-hydrogen) atoms. The van der Waals surface area contributed by atoms with E-state index in [4.69, 9.17) is 4.74 Å². The second-order valence-corrected chi connectivity index (χ2v) is 3.85. The van der Waals surface area contributed by atoms with E-state index in [1.807, 2.05) is 18.2 Å². The van der Waals surface area contributed by atoms with Crippen molar-refractivity contribution in [3.8, 4) is 5.75 Å². The summed E-state index contributed by atoms with van der Waals surface area (Å²) >= 11 is 0. The molecule has 0 bridgehead atoms. The van der Waals surface area contributed by atoms with Crippen LogP contribution in [0.4, 0.5) is 5.69 Å². The maximum Gasteiger partial charge on any atom is 0.142 e. The second-order valence-electron chi connectivity index (χ2n) is 3.85. The molecular formula is C12H13NO. The molecule has 2 atom stereocenters. The van der Waals surface area contributed by atoms with Crippen LogP contribution in [0.3, 0.4) is 0 Å². The number of nitrogens with one attached hydrogen (secondary N) is 1. The minimum atomic E-state index is 0.315. The van der Waals surface area contributed by atoms with Gasteiger partial charge in [-0.05, 0) is 18.6 Å². The van der Waals surface area contributed by atoms with Crippen molar-refractivity contribution in [2.24, 2.45) is 0 Å². The third-order valence-corrected chi connectivity index (χ3v) is 2.88. The van der Waals surface area contributed by atoms with Gasteiger partial charge in [0.05, 0.1) is 11.7 Å². The summed E-state index contributed by atoms with van der Waals surface area (Å²) < 4.78 is 5.92. The zero-order valence-corrected chi connectivity index (χ0v) is 7.94. The number of rotatable bonds is 0. The molecule has 1 heterocycles. The Morgan fingerprint density at radius 3 is 3.00 bits per heavy atom. The summed E-state index contributed by atoms with van der Waals surface area (Å²) in [5.74, 6) is 0.990. The van der Waals surface area contributed by atoms with E-state index in [1.54, 1.807) is 0 Å². The molecule has 1 aliphatic heterocycles. The van der Waals surface area contributed by atoms with Crippen LogP contribution in [0.2, 0.25) is 0 Å². The fourth-order valence-corrected chi connectivity index (χ4v) is 2.12. The van der Waals surface area contributed by atoms with E-state index in [2.05, 4.69) is 23.5 Å².